The van der Waals surface area contributed by atoms with Gasteiger partial charge < -0.3 is 0 Å². The minimum Gasteiger partial charge on any atom is -0.289 e. The molecule has 142 valence electrons. The maximum Gasteiger partial charge on any atom is 0.419 e. The molecule has 0 amide bonds. The summed E-state index contributed by atoms with van der Waals surface area (Å²) in [6.45, 7) is 0.811. The van der Waals surface area contributed by atoms with Crippen molar-refractivity contribution < 1.29 is 17.6 Å². The van der Waals surface area contributed by atoms with Gasteiger partial charge in [-0.25, -0.2) is 4.39 Å². The van der Waals surface area contributed by atoms with E-state index in [1.807, 2.05) is 24.3 Å². The lowest BCUT2D eigenvalue weighted by Crippen LogP contribution is -2.47. The van der Waals surface area contributed by atoms with E-state index in [-0.39, 0.29) is 17.6 Å². The SMILES string of the molecule is Fc1c(C2=CC3CCCC(C2)N3Cc2ccccc2)cccc1C(F)(F)F. The van der Waals surface area contributed by atoms with Crippen LogP contribution < -0.4 is 0 Å². The zero-order valence-electron chi connectivity index (χ0n) is 14.8. The normalized spacial score (nSPS) is 23.2. The Hall–Kier alpha value is -2.14. The highest BCUT2D eigenvalue weighted by Crippen LogP contribution is 2.40. The van der Waals surface area contributed by atoms with Crippen molar-refractivity contribution in [3.05, 3.63) is 77.1 Å². The molecule has 2 heterocycles. The highest BCUT2D eigenvalue weighted by atomic mass is 19.4. The lowest BCUT2D eigenvalue weighted by Gasteiger charge is -2.45. The Balaban J connectivity index is 1.65. The van der Waals surface area contributed by atoms with Crippen LogP contribution in [0.25, 0.3) is 5.57 Å². The zero-order valence-corrected chi connectivity index (χ0v) is 14.8. The van der Waals surface area contributed by atoms with Gasteiger partial charge in [-0.15, -0.1) is 0 Å². The predicted molar refractivity (Wildman–Crippen MR) is 97.4 cm³/mol. The maximum atomic E-state index is 14.6. The summed E-state index contributed by atoms with van der Waals surface area (Å²) in [5.74, 6) is -1.15. The first-order valence-corrected chi connectivity index (χ1v) is 9.30. The summed E-state index contributed by atoms with van der Waals surface area (Å²) >= 11 is 0. The second-order valence-corrected chi connectivity index (χ2v) is 7.37. The number of nitrogens with zero attached hydrogens (tertiary/aromatic N) is 1. The average Bonchev–Trinajstić information content (AvgIpc) is 2.62. The predicted octanol–water partition coefficient (Wildman–Crippen LogP) is 6.05. The van der Waals surface area contributed by atoms with Gasteiger partial charge in [-0.1, -0.05) is 55.0 Å². The Morgan fingerprint density at radius 3 is 2.44 bits per heavy atom. The van der Waals surface area contributed by atoms with Crippen molar-refractivity contribution in [1.82, 2.24) is 4.90 Å². The van der Waals surface area contributed by atoms with Crippen molar-refractivity contribution in [2.24, 2.45) is 0 Å². The Morgan fingerprint density at radius 2 is 1.74 bits per heavy atom. The molecule has 0 radical (unpaired) electrons. The van der Waals surface area contributed by atoms with Gasteiger partial charge >= 0.3 is 6.18 Å². The molecule has 0 spiro atoms. The third-order valence-corrected chi connectivity index (χ3v) is 5.64. The Labute approximate surface area is 156 Å². The van der Waals surface area contributed by atoms with Crippen LogP contribution in [0.15, 0.2) is 54.6 Å². The van der Waals surface area contributed by atoms with E-state index in [2.05, 4.69) is 17.0 Å². The molecule has 27 heavy (non-hydrogen) atoms. The fourth-order valence-corrected chi connectivity index (χ4v) is 4.36. The molecule has 1 saturated heterocycles. The molecular weight excluding hydrogens is 354 g/mol. The first-order valence-electron chi connectivity index (χ1n) is 9.30. The van der Waals surface area contributed by atoms with Gasteiger partial charge in [0.25, 0.3) is 0 Å². The van der Waals surface area contributed by atoms with E-state index in [9.17, 15) is 17.6 Å². The van der Waals surface area contributed by atoms with Crippen LogP contribution >= 0.6 is 0 Å². The van der Waals surface area contributed by atoms with Crippen molar-refractivity contribution in [2.75, 3.05) is 0 Å². The second-order valence-electron chi connectivity index (χ2n) is 7.37. The standard InChI is InChI=1S/C22H21F4N/c23-21-19(10-5-11-20(21)22(24,25)26)16-12-17-8-4-9-18(13-16)27(17)14-15-6-2-1-3-7-15/h1-3,5-7,10-12,17-18H,4,8-9,13-14H2. The molecule has 0 aliphatic carbocycles. The van der Waals surface area contributed by atoms with Crippen LogP contribution in [0.5, 0.6) is 0 Å². The summed E-state index contributed by atoms with van der Waals surface area (Å²) < 4.78 is 53.8. The minimum atomic E-state index is -4.68. The molecule has 5 heteroatoms. The van der Waals surface area contributed by atoms with Gasteiger partial charge in [0.05, 0.1) is 5.56 Å². The van der Waals surface area contributed by atoms with E-state index in [4.69, 9.17) is 0 Å². The van der Waals surface area contributed by atoms with E-state index < -0.39 is 17.6 Å². The van der Waals surface area contributed by atoms with Gasteiger partial charge in [0.15, 0.2) is 0 Å². The van der Waals surface area contributed by atoms with E-state index in [0.29, 0.717) is 12.0 Å². The summed E-state index contributed by atoms with van der Waals surface area (Å²) in [7, 11) is 0. The molecule has 2 atom stereocenters. The minimum absolute atomic E-state index is 0.0982. The Morgan fingerprint density at radius 1 is 0.963 bits per heavy atom. The van der Waals surface area contributed by atoms with E-state index >= 15 is 0 Å². The van der Waals surface area contributed by atoms with Crippen LogP contribution in [0.4, 0.5) is 17.6 Å². The van der Waals surface area contributed by atoms with Crippen LogP contribution in [-0.2, 0) is 12.7 Å². The number of rotatable bonds is 3. The first-order chi connectivity index (χ1) is 12.9. The van der Waals surface area contributed by atoms with Gasteiger partial charge in [-0.3, -0.25) is 4.90 Å². The lowest BCUT2D eigenvalue weighted by molar-refractivity contribution is -0.140. The third-order valence-electron chi connectivity index (χ3n) is 5.64. The molecule has 1 fully saturated rings. The molecule has 0 aromatic heterocycles. The smallest absolute Gasteiger partial charge is 0.289 e. The highest BCUT2D eigenvalue weighted by molar-refractivity contribution is 5.69. The van der Waals surface area contributed by atoms with Crippen LogP contribution in [0, 0.1) is 5.82 Å². The number of piperidine rings is 1. The van der Waals surface area contributed by atoms with Gasteiger partial charge in [0, 0.05) is 24.2 Å². The van der Waals surface area contributed by atoms with Crippen molar-refractivity contribution in [2.45, 2.75) is 50.5 Å². The molecular formula is C22H21F4N. The summed E-state index contributed by atoms with van der Waals surface area (Å²) in [4.78, 5) is 2.41. The number of benzene rings is 2. The molecule has 2 aromatic carbocycles. The van der Waals surface area contributed by atoms with Gasteiger partial charge in [-0.05, 0) is 36.5 Å². The number of fused-ring (bicyclic) bond motifs is 2. The summed E-state index contributed by atoms with van der Waals surface area (Å²) in [6, 6.07) is 14.1. The number of halogens is 4. The quantitative estimate of drug-likeness (QED) is 0.590. The molecule has 2 unspecified atom stereocenters. The van der Waals surface area contributed by atoms with Gasteiger partial charge in [-0.2, -0.15) is 13.2 Å². The topological polar surface area (TPSA) is 3.24 Å². The van der Waals surface area contributed by atoms with Crippen LogP contribution in [-0.4, -0.2) is 17.0 Å². The van der Waals surface area contributed by atoms with E-state index in [1.165, 1.54) is 17.7 Å². The lowest BCUT2D eigenvalue weighted by atomic mass is 9.82. The van der Waals surface area contributed by atoms with Gasteiger partial charge in [0.2, 0.25) is 0 Å². The molecule has 2 bridgehead atoms. The van der Waals surface area contributed by atoms with E-state index in [0.717, 1.165) is 31.9 Å². The number of hydrogen-bond donors (Lipinski definition) is 0. The monoisotopic (exact) mass is 375 g/mol. The zero-order chi connectivity index (χ0) is 19.0. The van der Waals surface area contributed by atoms with Crippen LogP contribution in [0.3, 0.4) is 0 Å². The van der Waals surface area contributed by atoms with Crippen LogP contribution in [0.1, 0.15) is 42.4 Å². The third kappa shape index (κ3) is 3.65. The summed E-state index contributed by atoms with van der Waals surface area (Å²) in [5, 5.41) is 0. The fourth-order valence-electron chi connectivity index (χ4n) is 4.36. The summed E-state index contributed by atoms with van der Waals surface area (Å²) in [5.41, 5.74) is 0.841. The van der Waals surface area contributed by atoms with Crippen molar-refractivity contribution in [3.63, 3.8) is 0 Å². The largest absolute Gasteiger partial charge is 0.419 e. The van der Waals surface area contributed by atoms with E-state index in [1.54, 1.807) is 0 Å². The first kappa shape index (κ1) is 18.2. The van der Waals surface area contributed by atoms with Crippen LogP contribution in [0.2, 0.25) is 0 Å². The van der Waals surface area contributed by atoms with Crippen molar-refractivity contribution >= 4 is 5.57 Å². The number of alkyl halides is 3. The number of hydrogen-bond acceptors (Lipinski definition) is 1. The van der Waals surface area contributed by atoms with Crippen molar-refractivity contribution in [1.29, 1.82) is 0 Å². The molecule has 2 aromatic rings. The summed E-state index contributed by atoms with van der Waals surface area (Å²) in [6.07, 6.45) is 0.924. The Kier molecular flexibility index (Phi) is 4.81. The molecule has 2 aliphatic rings. The molecule has 4 rings (SSSR count). The highest BCUT2D eigenvalue weighted by Gasteiger charge is 2.38. The molecule has 2 aliphatic heterocycles. The molecule has 0 N–H and O–H groups in total. The second kappa shape index (κ2) is 7.12. The van der Waals surface area contributed by atoms with Crippen molar-refractivity contribution in [3.8, 4) is 0 Å². The fraction of sp³-hybridized carbons (Fsp3) is 0.364. The van der Waals surface area contributed by atoms with Gasteiger partial charge in [0.1, 0.15) is 5.82 Å². The Bertz CT molecular complexity index is 841. The average molecular weight is 375 g/mol. The molecule has 0 saturated carbocycles. The maximum absolute atomic E-state index is 14.6. The molecule has 1 nitrogen and oxygen atoms in total.